The van der Waals surface area contributed by atoms with Gasteiger partial charge in [-0.3, -0.25) is 0 Å². The van der Waals surface area contributed by atoms with Crippen molar-refractivity contribution in [3.63, 3.8) is 0 Å². The molecular formula is C22H25N3O2. The second-order valence-electron chi connectivity index (χ2n) is 7.43. The third-order valence-corrected chi connectivity index (χ3v) is 3.90. The summed E-state index contributed by atoms with van der Waals surface area (Å²) in [5.41, 5.74) is 3.35. The van der Waals surface area contributed by atoms with E-state index in [1.54, 1.807) is 12.1 Å². The van der Waals surface area contributed by atoms with Crippen LogP contribution in [-0.4, -0.2) is 21.4 Å². The van der Waals surface area contributed by atoms with E-state index in [0.717, 1.165) is 23.4 Å². The number of carbonyl (C=O) groups is 1. The summed E-state index contributed by atoms with van der Waals surface area (Å²) in [6.07, 6.45) is 3.89. The van der Waals surface area contributed by atoms with Crippen LogP contribution in [0.5, 0.6) is 0 Å². The van der Waals surface area contributed by atoms with Gasteiger partial charge in [0.25, 0.3) is 0 Å². The largest absolute Gasteiger partial charge is 0.456 e. The average Bonchev–Trinajstić information content (AvgIpc) is 3.10. The molecule has 3 rings (SSSR count). The Morgan fingerprint density at radius 3 is 2.33 bits per heavy atom. The summed E-state index contributed by atoms with van der Waals surface area (Å²) in [5, 5.41) is 7.80. The predicted octanol–water partition coefficient (Wildman–Crippen LogP) is 4.12. The summed E-state index contributed by atoms with van der Waals surface area (Å²) in [6.45, 7) is 7.03. The number of nitrogens with zero attached hydrogens (tertiary/aromatic N) is 2. The Bertz CT molecular complexity index is 878. The van der Waals surface area contributed by atoms with E-state index in [4.69, 9.17) is 4.74 Å². The minimum absolute atomic E-state index is 0.296. The summed E-state index contributed by atoms with van der Waals surface area (Å²) < 4.78 is 7.25. The lowest BCUT2D eigenvalue weighted by molar-refractivity contribution is 0.00695. The maximum absolute atomic E-state index is 12.0. The first kappa shape index (κ1) is 18.9. The molecule has 0 amide bonds. The van der Waals surface area contributed by atoms with Crippen molar-refractivity contribution in [1.82, 2.24) is 15.1 Å². The third kappa shape index (κ3) is 5.53. The molecule has 0 saturated carbocycles. The van der Waals surface area contributed by atoms with Crippen LogP contribution >= 0.6 is 0 Å². The van der Waals surface area contributed by atoms with E-state index in [0.29, 0.717) is 12.1 Å². The number of hydrogen-bond donors (Lipinski definition) is 1. The van der Waals surface area contributed by atoms with Crippen molar-refractivity contribution >= 4 is 5.97 Å². The van der Waals surface area contributed by atoms with Crippen molar-refractivity contribution in [1.29, 1.82) is 0 Å². The normalized spacial score (nSPS) is 11.4. The molecule has 0 bridgehead atoms. The van der Waals surface area contributed by atoms with Crippen LogP contribution in [0.2, 0.25) is 0 Å². The van der Waals surface area contributed by atoms with Gasteiger partial charge in [0.1, 0.15) is 5.60 Å². The van der Waals surface area contributed by atoms with Crippen LogP contribution in [0.4, 0.5) is 0 Å². The van der Waals surface area contributed by atoms with E-state index in [9.17, 15) is 4.79 Å². The van der Waals surface area contributed by atoms with Gasteiger partial charge in [-0.25, -0.2) is 9.48 Å². The predicted molar refractivity (Wildman–Crippen MR) is 106 cm³/mol. The topological polar surface area (TPSA) is 56.1 Å². The highest BCUT2D eigenvalue weighted by molar-refractivity contribution is 5.89. The summed E-state index contributed by atoms with van der Waals surface area (Å²) in [6, 6.07) is 17.5. The Balaban J connectivity index is 1.51. The fraction of sp³-hybridized carbons (Fsp3) is 0.273. The molecule has 0 unspecified atom stereocenters. The maximum atomic E-state index is 12.0. The van der Waals surface area contributed by atoms with E-state index in [2.05, 4.69) is 10.4 Å². The third-order valence-electron chi connectivity index (χ3n) is 3.90. The van der Waals surface area contributed by atoms with E-state index in [-0.39, 0.29) is 5.97 Å². The molecule has 0 radical (unpaired) electrons. The van der Waals surface area contributed by atoms with Crippen molar-refractivity contribution in [2.45, 2.75) is 39.5 Å². The second kappa shape index (κ2) is 8.18. The molecule has 0 saturated heterocycles. The van der Waals surface area contributed by atoms with Gasteiger partial charge in [-0.2, -0.15) is 5.10 Å². The molecule has 2 aromatic carbocycles. The van der Waals surface area contributed by atoms with Gasteiger partial charge in [0, 0.05) is 24.8 Å². The number of nitrogens with one attached hydrogen (secondary N) is 1. The van der Waals surface area contributed by atoms with E-state index >= 15 is 0 Å². The molecule has 0 atom stereocenters. The van der Waals surface area contributed by atoms with Gasteiger partial charge in [0.15, 0.2) is 0 Å². The molecule has 0 aliphatic carbocycles. The van der Waals surface area contributed by atoms with Crippen molar-refractivity contribution in [3.8, 4) is 5.69 Å². The first-order valence-electron chi connectivity index (χ1n) is 9.03. The van der Waals surface area contributed by atoms with Crippen LogP contribution in [0.3, 0.4) is 0 Å². The molecule has 0 fully saturated rings. The number of benzene rings is 2. The minimum atomic E-state index is -0.485. The highest BCUT2D eigenvalue weighted by Gasteiger charge is 2.17. The molecule has 1 aromatic heterocycles. The van der Waals surface area contributed by atoms with Crippen molar-refractivity contribution < 1.29 is 9.53 Å². The number of ether oxygens (including phenoxy) is 1. The number of esters is 1. The lowest BCUT2D eigenvalue weighted by Crippen LogP contribution is -2.23. The molecule has 0 aliphatic rings. The summed E-state index contributed by atoms with van der Waals surface area (Å²) in [5.74, 6) is -0.296. The van der Waals surface area contributed by atoms with Gasteiger partial charge < -0.3 is 10.1 Å². The molecule has 1 N–H and O–H groups in total. The first-order chi connectivity index (χ1) is 12.9. The number of rotatable bonds is 6. The number of carbonyl (C=O) groups excluding carboxylic acids is 1. The fourth-order valence-electron chi connectivity index (χ4n) is 2.62. The zero-order valence-electron chi connectivity index (χ0n) is 16.0. The van der Waals surface area contributed by atoms with Crippen LogP contribution in [0.15, 0.2) is 67.0 Å². The van der Waals surface area contributed by atoms with Crippen LogP contribution < -0.4 is 5.32 Å². The molecule has 1 heterocycles. The molecular weight excluding hydrogens is 338 g/mol. The number of aromatic nitrogens is 2. The Kier molecular flexibility index (Phi) is 5.72. The van der Waals surface area contributed by atoms with Gasteiger partial charge in [0.2, 0.25) is 0 Å². The number of para-hydroxylation sites is 1. The van der Waals surface area contributed by atoms with Crippen molar-refractivity contribution in [2.24, 2.45) is 0 Å². The van der Waals surface area contributed by atoms with E-state index in [1.807, 2.05) is 80.3 Å². The van der Waals surface area contributed by atoms with Gasteiger partial charge in [-0.15, -0.1) is 0 Å². The quantitative estimate of drug-likeness (QED) is 0.670. The van der Waals surface area contributed by atoms with Crippen LogP contribution in [0.25, 0.3) is 5.69 Å². The lowest BCUT2D eigenvalue weighted by atomic mass is 10.1. The fourth-order valence-corrected chi connectivity index (χ4v) is 2.62. The second-order valence-corrected chi connectivity index (χ2v) is 7.43. The Labute approximate surface area is 160 Å². The maximum Gasteiger partial charge on any atom is 0.338 e. The first-order valence-corrected chi connectivity index (χ1v) is 9.03. The molecule has 5 heteroatoms. The summed E-state index contributed by atoms with van der Waals surface area (Å²) >= 11 is 0. The van der Waals surface area contributed by atoms with E-state index in [1.165, 1.54) is 0 Å². The van der Waals surface area contributed by atoms with Gasteiger partial charge in [-0.1, -0.05) is 30.3 Å². The molecule has 0 spiro atoms. The monoisotopic (exact) mass is 363 g/mol. The number of hydrogen-bond acceptors (Lipinski definition) is 4. The van der Waals surface area contributed by atoms with Gasteiger partial charge >= 0.3 is 5.97 Å². The van der Waals surface area contributed by atoms with Crippen LogP contribution in [-0.2, 0) is 17.8 Å². The summed E-state index contributed by atoms with van der Waals surface area (Å²) in [7, 11) is 0. The Hall–Kier alpha value is -2.92. The smallest absolute Gasteiger partial charge is 0.338 e. The van der Waals surface area contributed by atoms with Crippen LogP contribution in [0.1, 0.15) is 42.3 Å². The zero-order chi connectivity index (χ0) is 19.3. The minimum Gasteiger partial charge on any atom is -0.456 e. The zero-order valence-corrected chi connectivity index (χ0v) is 16.0. The van der Waals surface area contributed by atoms with Crippen LogP contribution in [0, 0.1) is 0 Å². The molecule has 3 aromatic rings. The average molecular weight is 363 g/mol. The molecule has 5 nitrogen and oxygen atoms in total. The molecule has 27 heavy (non-hydrogen) atoms. The van der Waals surface area contributed by atoms with Crippen molar-refractivity contribution in [3.05, 3.63) is 83.7 Å². The van der Waals surface area contributed by atoms with Gasteiger partial charge in [-0.05, 0) is 50.6 Å². The molecule has 140 valence electrons. The SMILES string of the molecule is CC(C)(C)OC(=O)c1ccc(CNCc2cnn(-c3ccccc3)c2)cc1. The lowest BCUT2D eigenvalue weighted by Gasteiger charge is -2.19. The highest BCUT2D eigenvalue weighted by Crippen LogP contribution is 2.13. The Morgan fingerprint density at radius 2 is 1.67 bits per heavy atom. The highest BCUT2D eigenvalue weighted by atomic mass is 16.6. The standard InChI is InChI=1S/C22H25N3O2/c1-22(2,3)27-21(26)19-11-9-17(10-12-19)13-23-14-18-15-24-25(16-18)20-7-5-4-6-8-20/h4-12,15-16,23H,13-14H2,1-3H3. The summed E-state index contributed by atoms with van der Waals surface area (Å²) in [4.78, 5) is 12.0. The van der Waals surface area contributed by atoms with E-state index < -0.39 is 5.60 Å². The molecule has 0 aliphatic heterocycles. The Morgan fingerprint density at radius 1 is 1.00 bits per heavy atom. The van der Waals surface area contributed by atoms with Crippen molar-refractivity contribution in [2.75, 3.05) is 0 Å². The van der Waals surface area contributed by atoms with Gasteiger partial charge in [0.05, 0.1) is 17.4 Å².